The fourth-order valence-electron chi connectivity index (χ4n) is 2.48. The largest absolute Gasteiger partial charge is 0.383 e. The zero-order valence-electron chi connectivity index (χ0n) is 12.0. The van der Waals surface area contributed by atoms with Crippen LogP contribution in [0.25, 0.3) is 10.1 Å². The molecule has 1 fully saturated rings. The molecule has 4 nitrogen and oxygen atoms in total. The summed E-state index contributed by atoms with van der Waals surface area (Å²) in [6.45, 7) is 3.08. The number of carbonyl (C=O) groups excluding carboxylic acids is 1. The highest BCUT2D eigenvalue weighted by atomic mass is 32.1. The normalized spacial score (nSPS) is 21.3. The van der Waals surface area contributed by atoms with Crippen LogP contribution in [-0.2, 0) is 15.1 Å². The molecule has 112 valence electrons. The maximum atomic E-state index is 12.0. The van der Waals surface area contributed by atoms with Crippen molar-refractivity contribution in [3.05, 3.63) is 35.2 Å². The Morgan fingerprint density at radius 3 is 3.05 bits per heavy atom. The van der Waals surface area contributed by atoms with E-state index in [4.69, 9.17) is 4.74 Å². The van der Waals surface area contributed by atoms with Gasteiger partial charge in [0.05, 0.1) is 19.1 Å². The van der Waals surface area contributed by atoms with Gasteiger partial charge >= 0.3 is 0 Å². The molecule has 0 spiro atoms. The number of ether oxygens (including phenoxy) is 1. The molecule has 2 heterocycles. The predicted molar refractivity (Wildman–Crippen MR) is 83.3 cm³/mol. The van der Waals surface area contributed by atoms with E-state index in [9.17, 15) is 9.90 Å². The first kappa shape index (κ1) is 14.5. The average molecular weight is 305 g/mol. The van der Waals surface area contributed by atoms with Gasteiger partial charge in [-0.05, 0) is 30.9 Å². The lowest BCUT2D eigenvalue weighted by Crippen LogP contribution is -2.41. The molecule has 2 N–H and O–H groups in total. The van der Waals surface area contributed by atoms with Gasteiger partial charge in [-0.3, -0.25) is 4.79 Å². The van der Waals surface area contributed by atoms with Gasteiger partial charge in [0.1, 0.15) is 5.60 Å². The Kier molecular flexibility index (Phi) is 3.97. The molecule has 1 aliphatic heterocycles. The zero-order chi connectivity index (χ0) is 14.9. The van der Waals surface area contributed by atoms with Crippen molar-refractivity contribution < 1.29 is 14.6 Å². The maximum Gasteiger partial charge on any atom is 0.225 e. The number of nitrogens with one attached hydrogen (secondary N) is 1. The molecule has 1 aliphatic rings. The minimum absolute atomic E-state index is 0.0334. The Labute approximate surface area is 127 Å². The molecule has 5 heteroatoms. The topological polar surface area (TPSA) is 58.6 Å². The van der Waals surface area contributed by atoms with E-state index in [0.29, 0.717) is 13.2 Å². The van der Waals surface area contributed by atoms with Crippen molar-refractivity contribution in [3.63, 3.8) is 0 Å². The van der Waals surface area contributed by atoms with E-state index in [1.54, 1.807) is 18.3 Å². The molecule has 0 aliphatic carbocycles. The number of benzene rings is 1. The second-order valence-corrected chi connectivity index (χ2v) is 6.78. The van der Waals surface area contributed by atoms with Crippen LogP contribution < -0.4 is 5.32 Å². The van der Waals surface area contributed by atoms with Gasteiger partial charge in [-0.2, -0.15) is 0 Å². The molecule has 1 aromatic carbocycles. The lowest BCUT2D eigenvalue weighted by Gasteiger charge is -2.23. The summed E-state index contributed by atoms with van der Waals surface area (Å²) >= 11 is 1.56. The number of amides is 1. The lowest BCUT2D eigenvalue weighted by molar-refractivity contribution is -0.126. The molecule has 1 amide bonds. The molecule has 0 bridgehead atoms. The smallest absolute Gasteiger partial charge is 0.225 e. The lowest BCUT2D eigenvalue weighted by atomic mass is 10.0. The number of hydrogen-bond donors (Lipinski definition) is 2. The highest BCUT2D eigenvalue weighted by Crippen LogP contribution is 2.32. The van der Waals surface area contributed by atoms with E-state index in [2.05, 4.69) is 5.32 Å². The third-order valence-electron chi connectivity index (χ3n) is 3.86. The SMILES string of the molecule is C[C@@](O)(CNC(=O)[C@@H]1CCOC1)c1cc2ccccc2s1. The number of aliphatic hydroxyl groups is 1. The molecule has 2 atom stereocenters. The van der Waals surface area contributed by atoms with Gasteiger partial charge in [0.25, 0.3) is 0 Å². The third kappa shape index (κ3) is 3.10. The van der Waals surface area contributed by atoms with Gasteiger partial charge in [0.15, 0.2) is 0 Å². The number of thiophene rings is 1. The van der Waals surface area contributed by atoms with Gasteiger partial charge in [0, 0.05) is 16.2 Å². The monoisotopic (exact) mass is 305 g/mol. The van der Waals surface area contributed by atoms with Crippen LogP contribution in [0.15, 0.2) is 30.3 Å². The fourth-order valence-corrected chi connectivity index (χ4v) is 3.59. The van der Waals surface area contributed by atoms with Crippen molar-refractivity contribution in [2.45, 2.75) is 18.9 Å². The first-order valence-electron chi connectivity index (χ1n) is 7.13. The van der Waals surface area contributed by atoms with Crippen molar-refractivity contribution >= 4 is 27.3 Å². The summed E-state index contributed by atoms with van der Waals surface area (Å²) in [6.07, 6.45) is 0.761. The molecule has 0 radical (unpaired) electrons. The maximum absolute atomic E-state index is 12.0. The van der Waals surface area contributed by atoms with Gasteiger partial charge in [-0.1, -0.05) is 18.2 Å². The number of carbonyl (C=O) groups is 1. The predicted octanol–water partition coefficient (Wildman–Crippen LogP) is 2.26. The van der Waals surface area contributed by atoms with Gasteiger partial charge in [-0.15, -0.1) is 11.3 Å². The van der Waals surface area contributed by atoms with Gasteiger partial charge in [-0.25, -0.2) is 0 Å². The van der Waals surface area contributed by atoms with E-state index < -0.39 is 5.60 Å². The van der Waals surface area contributed by atoms with Crippen LogP contribution >= 0.6 is 11.3 Å². The van der Waals surface area contributed by atoms with Crippen LogP contribution in [0.4, 0.5) is 0 Å². The summed E-state index contributed by atoms with van der Waals surface area (Å²) in [5.74, 6) is -0.114. The van der Waals surface area contributed by atoms with Crippen LogP contribution in [0.1, 0.15) is 18.2 Å². The standard InChI is InChI=1S/C16H19NO3S/c1-16(19,10-17-15(18)12-6-7-20-9-12)14-8-11-4-2-3-5-13(11)21-14/h2-5,8,12,19H,6-7,9-10H2,1H3,(H,17,18)/t12-,16-/m1/s1. The summed E-state index contributed by atoms with van der Waals surface area (Å²) in [6, 6.07) is 10.0. The number of fused-ring (bicyclic) bond motifs is 1. The first-order chi connectivity index (χ1) is 10.1. The van der Waals surface area contributed by atoms with Crippen molar-refractivity contribution in [2.75, 3.05) is 19.8 Å². The van der Waals surface area contributed by atoms with Crippen molar-refractivity contribution in [2.24, 2.45) is 5.92 Å². The van der Waals surface area contributed by atoms with Crippen LogP contribution in [0.2, 0.25) is 0 Å². The summed E-state index contributed by atoms with van der Waals surface area (Å²) in [5, 5.41) is 14.6. The van der Waals surface area contributed by atoms with E-state index in [0.717, 1.165) is 21.4 Å². The van der Waals surface area contributed by atoms with E-state index in [1.807, 2.05) is 30.3 Å². The van der Waals surface area contributed by atoms with E-state index >= 15 is 0 Å². The van der Waals surface area contributed by atoms with E-state index in [1.165, 1.54) is 0 Å². The molecule has 21 heavy (non-hydrogen) atoms. The zero-order valence-corrected chi connectivity index (χ0v) is 12.8. The Bertz CT molecular complexity index is 611. The van der Waals surface area contributed by atoms with Crippen LogP contribution in [0.5, 0.6) is 0 Å². The van der Waals surface area contributed by atoms with Crippen LogP contribution in [0.3, 0.4) is 0 Å². The van der Waals surface area contributed by atoms with Crippen molar-refractivity contribution in [3.8, 4) is 0 Å². The summed E-state index contributed by atoms with van der Waals surface area (Å²) < 4.78 is 6.36. The first-order valence-corrected chi connectivity index (χ1v) is 7.95. The molecule has 1 aromatic heterocycles. The third-order valence-corrected chi connectivity index (χ3v) is 5.23. The Balaban J connectivity index is 1.69. The minimum atomic E-state index is -1.06. The van der Waals surface area contributed by atoms with Gasteiger partial charge in [0.2, 0.25) is 5.91 Å². The Morgan fingerprint density at radius 1 is 1.52 bits per heavy atom. The number of rotatable bonds is 4. The van der Waals surface area contributed by atoms with Crippen molar-refractivity contribution in [1.82, 2.24) is 5.32 Å². The fraction of sp³-hybridized carbons (Fsp3) is 0.438. The summed E-state index contributed by atoms with van der Waals surface area (Å²) in [5.41, 5.74) is -1.06. The number of hydrogen-bond acceptors (Lipinski definition) is 4. The Morgan fingerprint density at radius 2 is 2.33 bits per heavy atom. The molecule has 3 rings (SSSR count). The van der Waals surface area contributed by atoms with E-state index in [-0.39, 0.29) is 18.4 Å². The average Bonchev–Trinajstić information content (AvgIpc) is 3.13. The highest BCUT2D eigenvalue weighted by molar-refractivity contribution is 7.19. The van der Waals surface area contributed by atoms with Crippen molar-refractivity contribution in [1.29, 1.82) is 0 Å². The second kappa shape index (κ2) is 5.75. The second-order valence-electron chi connectivity index (χ2n) is 5.70. The minimum Gasteiger partial charge on any atom is -0.383 e. The molecular formula is C16H19NO3S. The highest BCUT2D eigenvalue weighted by Gasteiger charge is 2.29. The van der Waals surface area contributed by atoms with Gasteiger partial charge < -0.3 is 15.2 Å². The van der Waals surface area contributed by atoms with Crippen LogP contribution in [-0.4, -0.2) is 30.8 Å². The quantitative estimate of drug-likeness (QED) is 0.911. The molecule has 2 aromatic rings. The molecule has 0 unspecified atom stereocenters. The molecule has 1 saturated heterocycles. The molecular weight excluding hydrogens is 286 g/mol. The van der Waals surface area contributed by atoms with Crippen LogP contribution in [0, 0.1) is 5.92 Å². The molecule has 0 saturated carbocycles. The summed E-state index contributed by atoms with van der Waals surface area (Å²) in [7, 11) is 0. The summed E-state index contributed by atoms with van der Waals surface area (Å²) in [4.78, 5) is 12.9. The Hall–Kier alpha value is -1.43.